The third kappa shape index (κ3) is 3.40. The van der Waals surface area contributed by atoms with Gasteiger partial charge in [0.05, 0.1) is 11.9 Å². The number of carbonyl (C=O) groups is 1. The van der Waals surface area contributed by atoms with E-state index >= 15 is 0 Å². The van der Waals surface area contributed by atoms with Crippen LogP contribution in [0.3, 0.4) is 0 Å². The second kappa shape index (κ2) is 6.80. The van der Waals surface area contributed by atoms with Gasteiger partial charge < -0.3 is 9.42 Å². The van der Waals surface area contributed by atoms with E-state index in [9.17, 15) is 13.6 Å². The van der Waals surface area contributed by atoms with Gasteiger partial charge in [-0.1, -0.05) is 5.16 Å². The first-order valence-corrected chi connectivity index (χ1v) is 7.63. The Bertz CT molecular complexity index is 894. The highest BCUT2D eigenvalue weighted by atomic mass is 19.1. The molecule has 1 aromatic carbocycles. The van der Waals surface area contributed by atoms with Crippen LogP contribution >= 0.6 is 0 Å². The van der Waals surface area contributed by atoms with Crippen molar-refractivity contribution in [2.24, 2.45) is 0 Å². The minimum Gasteiger partial charge on any atom is -0.350 e. The molecule has 3 aromatic rings. The molecule has 0 fully saturated rings. The lowest BCUT2D eigenvalue weighted by molar-refractivity contribution is 0.0944. The summed E-state index contributed by atoms with van der Waals surface area (Å²) in [4.78, 5) is 18.3. The summed E-state index contributed by atoms with van der Waals surface area (Å²) >= 11 is 0. The van der Waals surface area contributed by atoms with Crippen molar-refractivity contribution < 1.29 is 18.1 Å². The maximum Gasteiger partial charge on any atom is 0.297 e. The van der Waals surface area contributed by atoms with E-state index in [-0.39, 0.29) is 23.1 Å². The summed E-state index contributed by atoms with van der Waals surface area (Å²) < 4.78 is 32.3. The van der Waals surface area contributed by atoms with Crippen LogP contribution in [0.1, 0.15) is 24.4 Å². The summed E-state index contributed by atoms with van der Waals surface area (Å²) in [7, 11) is 0. The molecule has 2 aromatic heterocycles. The number of carbonyl (C=O) groups excluding carboxylic acids is 1. The Morgan fingerprint density at radius 3 is 2.68 bits per heavy atom. The van der Waals surface area contributed by atoms with Gasteiger partial charge >= 0.3 is 0 Å². The first-order valence-electron chi connectivity index (χ1n) is 7.63. The van der Waals surface area contributed by atoms with E-state index in [0.717, 1.165) is 18.2 Å². The predicted molar refractivity (Wildman–Crippen MR) is 88.0 cm³/mol. The molecule has 0 aliphatic heterocycles. The van der Waals surface area contributed by atoms with Crippen LogP contribution in [0, 0.1) is 11.6 Å². The van der Waals surface area contributed by atoms with Crippen molar-refractivity contribution in [3.05, 3.63) is 66.2 Å². The zero-order valence-electron chi connectivity index (χ0n) is 13.6. The highest BCUT2D eigenvalue weighted by Crippen LogP contribution is 2.25. The molecule has 1 amide bonds. The first kappa shape index (κ1) is 16.8. The van der Waals surface area contributed by atoms with Crippen LogP contribution in [0.15, 0.2) is 53.3 Å². The molecule has 0 radical (unpaired) electrons. The van der Waals surface area contributed by atoms with Crippen LogP contribution in [-0.4, -0.2) is 22.1 Å². The van der Waals surface area contributed by atoms with Crippen molar-refractivity contribution in [1.29, 1.82) is 0 Å². The molecule has 128 valence electrons. The number of hydrogen-bond donors (Lipinski definition) is 0. The van der Waals surface area contributed by atoms with Crippen molar-refractivity contribution in [2.75, 3.05) is 4.90 Å². The van der Waals surface area contributed by atoms with E-state index in [1.54, 1.807) is 24.5 Å². The Hall–Kier alpha value is -3.09. The number of halogens is 2. The monoisotopic (exact) mass is 343 g/mol. The van der Waals surface area contributed by atoms with Gasteiger partial charge in [0.1, 0.15) is 17.3 Å². The van der Waals surface area contributed by atoms with Gasteiger partial charge in [-0.3, -0.25) is 9.78 Å². The van der Waals surface area contributed by atoms with Crippen molar-refractivity contribution in [3.63, 3.8) is 0 Å². The van der Waals surface area contributed by atoms with Crippen LogP contribution < -0.4 is 4.90 Å². The lowest BCUT2D eigenvalue weighted by Crippen LogP contribution is -2.36. The molecule has 25 heavy (non-hydrogen) atoms. The number of amides is 1. The highest BCUT2D eigenvalue weighted by Gasteiger charge is 2.25. The third-order valence-electron chi connectivity index (χ3n) is 3.58. The number of aromatic nitrogens is 2. The van der Waals surface area contributed by atoms with Crippen molar-refractivity contribution in [3.8, 4) is 11.3 Å². The lowest BCUT2D eigenvalue weighted by Gasteiger charge is -2.25. The van der Waals surface area contributed by atoms with E-state index in [2.05, 4.69) is 10.1 Å². The number of hydrogen-bond acceptors (Lipinski definition) is 4. The molecule has 2 heterocycles. The van der Waals surface area contributed by atoms with Crippen LogP contribution in [0.2, 0.25) is 0 Å². The van der Waals surface area contributed by atoms with Crippen molar-refractivity contribution in [2.45, 2.75) is 19.9 Å². The number of anilines is 1. The Kier molecular flexibility index (Phi) is 4.56. The topological polar surface area (TPSA) is 59.2 Å². The molecular formula is C18H15F2N3O2. The summed E-state index contributed by atoms with van der Waals surface area (Å²) in [6, 6.07) is 7.59. The maximum absolute atomic E-state index is 13.9. The fourth-order valence-electron chi connectivity index (χ4n) is 2.46. The van der Waals surface area contributed by atoms with E-state index in [1.165, 1.54) is 11.0 Å². The average molecular weight is 343 g/mol. The molecule has 0 N–H and O–H groups in total. The second-order valence-electron chi connectivity index (χ2n) is 5.68. The molecule has 0 saturated heterocycles. The average Bonchev–Trinajstić information content (AvgIpc) is 3.07. The molecule has 5 nitrogen and oxygen atoms in total. The van der Waals surface area contributed by atoms with Gasteiger partial charge in [-0.15, -0.1) is 0 Å². The van der Waals surface area contributed by atoms with Gasteiger partial charge in [-0.05, 0) is 44.2 Å². The van der Waals surface area contributed by atoms with Gasteiger partial charge in [0.15, 0.2) is 0 Å². The third-order valence-corrected chi connectivity index (χ3v) is 3.58. The molecule has 3 rings (SSSR count). The smallest absolute Gasteiger partial charge is 0.297 e. The number of benzene rings is 1. The number of nitrogens with zero attached hydrogens (tertiary/aromatic N) is 3. The van der Waals surface area contributed by atoms with Gasteiger partial charge in [-0.2, -0.15) is 0 Å². The lowest BCUT2D eigenvalue weighted by atomic mass is 10.1. The highest BCUT2D eigenvalue weighted by molar-refractivity contribution is 6.04. The number of rotatable bonds is 4. The summed E-state index contributed by atoms with van der Waals surface area (Å²) in [5.74, 6) is -1.78. The minimum absolute atomic E-state index is 0.0512. The summed E-state index contributed by atoms with van der Waals surface area (Å²) in [5.41, 5.74) is 0.577. The quantitative estimate of drug-likeness (QED) is 0.716. The van der Waals surface area contributed by atoms with E-state index < -0.39 is 17.5 Å². The first-order chi connectivity index (χ1) is 12.0. The molecule has 0 spiro atoms. The van der Waals surface area contributed by atoms with Gasteiger partial charge in [0.25, 0.3) is 5.91 Å². The zero-order valence-corrected chi connectivity index (χ0v) is 13.6. The minimum atomic E-state index is -0.651. The van der Waals surface area contributed by atoms with Gasteiger partial charge in [0.2, 0.25) is 5.76 Å². The Morgan fingerprint density at radius 2 is 2.00 bits per heavy atom. The molecule has 0 bridgehead atoms. The second-order valence-corrected chi connectivity index (χ2v) is 5.68. The molecule has 7 heteroatoms. The fourth-order valence-corrected chi connectivity index (χ4v) is 2.46. The molecular weight excluding hydrogens is 328 g/mol. The van der Waals surface area contributed by atoms with E-state index in [1.807, 2.05) is 13.8 Å². The van der Waals surface area contributed by atoms with E-state index in [4.69, 9.17) is 4.52 Å². The standard InChI is InChI=1S/C18H15F2N3O2/c1-11(2)23(13-4-3-7-21-10-13)18(24)17-9-16(22-25-17)14-8-12(19)5-6-15(14)20/h3-11H,1-2H3. The summed E-state index contributed by atoms with van der Waals surface area (Å²) in [5, 5.41) is 3.70. The van der Waals surface area contributed by atoms with Gasteiger partial charge in [-0.25, -0.2) is 8.78 Å². The van der Waals surface area contributed by atoms with Crippen LogP contribution in [-0.2, 0) is 0 Å². The van der Waals surface area contributed by atoms with Crippen molar-refractivity contribution >= 4 is 11.6 Å². The summed E-state index contributed by atoms with van der Waals surface area (Å²) in [6.45, 7) is 3.68. The Labute approximate surface area is 142 Å². The SMILES string of the molecule is CC(C)N(C(=O)c1cc(-c2cc(F)ccc2F)no1)c1cccnc1. The maximum atomic E-state index is 13.9. The fraction of sp³-hybridized carbons (Fsp3) is 0.167. The Balaban J connectivity index is 1.95. The van der Waals surface area contributed by atoms with E-state index in [0.29, 0.717) is 5.69 Å². The summed E-state index contributed by atoms with van der Waals surface area (Å²) in [6.07, 6.45) is 3.16. The van der Waals surface area contributed by atoms with Crippen LogP contribution in [0.4, 0.5) is 14.5 Å². The van der Waals surface area contributed by atoms with Crippen LogP contribution in [0.25, 0.3) is 11.3 Å². The molecule has 0 aliphatic rings. The zero-order chi connectivity index (χ0) is 18.0. The molecule has 0 aliphatic carbocycles. The normalized spacial score (nSPS) is 10.9. The largest absolute Gasteiger partial charge is 0.350 e. The Morgan fingerprint density at radius 1 is 1.20 bits per heavy atom. The predicted octanol–water partition coefficient (Wildman–Crippen LogP) is 4.07. The number of pyridine rings is 1. The molecule has 0 unspecified atom stereocenters. The molecule has 0 atom stereocenters. The molecule has 0 saturated carbocycles. The van der Waals surface area contributed by atoms with Crippen molar-refractivity contribution in [1.82, 2.24) is 10.1 Å². The van der Waals surface area contributed by atoms with Gasteiger partial charge in [0, 0.05) is 23.9 Å². The van der Waals surface area contributed by atoms with Crippen LogP contribution in [0.5, 0.6) is 0 Å².